The summed E-state index contributed by atoms with van der Waals surface area (Å²) < 4.78 is 7.43. The van der Waals surface area contributed by atoms with Crippen molar-refractivity contribution in [1.29, 1.82) is 0 Å². The van der Waals surface area contributed by atoms with Crippen molar-refractivity contribution in [2.75, 3.05) is 0 Å². The van der Waals surface area contributed by atoms with E-state index < -0.39 is 0 Å². The van der Waals surface area contributed by atoms with Gasteiger partial charge in [-0.1, -0.05) is 6.07 Å². The molecular weight excluding hydrogens is 384 g/mol. The van der Waals surface area contributed by atoms with Crippen LogP contribution in [0.2, 0.25) is 0 Å². The Hall–Kier alpha value is -2.93. The molecule has 6 nitrogen and oxygen atoms in total. The van der Waals surface area contributed by atoms with Gasteiger partial charge in [0.1, 0.15) is 5.69 Å². The molecule has 4 aromatic heterocycles. The minimum Gasteiger partial charge on any atom is -0.463 e. The summed E-state index contributed by atoms with van der Waals surface area (Å²) in [7, 11) is 0. The lowest BCUT2D eigenvalue weighted by atomic mass is 10.1. The summed E-state index contributed by atoms with van der Waals surface area (Å²) in [4.78, 5) is 21.7. The Morgan fingerprint density at radius 1 is 1.34 bits per heavy atom. The largest absolute Gasteiger partial charge is 0.463 e. The summed E-state index contributed by atoms with van der Waals surface area (Å²) >= 11 is 1.68. The van der Waals surface area contributed by atoms with Crippen molar-refractivity contribution in [3.63, 3.8) is 0 Å². The Kier molecular flexibility index (Phi) is 4.47. The predicted molar refractivity (Wildman–Crippen MR) is 113 cm³/mol. The second kappa shape index (κ2) is 7.15. The molecule has 0 bridgehead atoms. The van der Waals surface area contributed by atoms with E-state index in [2.05, 4.69) is 30.4 Å². The Morgan fingerprint density at radius 3 is 2.86 bits per heavy atom. The smallest absolute Gasteiger partial charge is 0.255 e. The highest BCUT2D eigenvalue weighted by Crippen LogP contribution is 2.33. The van der Waals surface area contributed by atoms with Gasteiger partial charge in [0.05, 0.1) is 30.0 Å². The molecule has 1 aliphatic carbocycles. The topological polar surface area (TPSA) is 64.2 Å². The number of hydrogen-bond acceptors (Lipinski definition) is 5. The normalized spacial score (nSPS) is 14.0. The van der Waals surface area contributed by atoms with Crippen LogP contribution in [-0.4, -0.2) is 31.6 Å². The second-order valence-electron chi connectivity index (χ2n) is 7.70. The van der Waals surface area contributed by atoms with Crippen molar-refractivity contribution < 1.29 is 9.21 Å². The zero-order valence-corrected chi connectivity index (χ0v) is 17.2. The summed E-state index contributed by atoms with van der Waals surface area (Å²) in [5, 5.41) is 7.35. The fourth-order valence-electron chi connectivity index (χ4n) is 3.60. The Labute approximate surface area is 172 Å². The number of furan rings is 1. The Morgan fingerprint density at radius 2 is 2.21 bits per heavy atom. The molecule has 0 spiro atoms. The zero-order valence-electron chi connectivity index (χ0n) is 16.4. The highest BCUT2D eigenvalue weighted by Gasteiger charge is 2.34. The van der Waals surface area contributed by atoms with Gasteiger partial charge in [-0.3, -0.25) is 4.79 Å². The van der Waals surface area contributed by atoms with Crippen molar-refractivity contribution in [2.45, 2.75) is 45.3 Å². The molecule has 1 aliphatic rings. The molecule has 0 atom stereocenters. The summed E-state index contributed by atoms with van der Waals surface area (Å²) in [6, 6.07) is 10.1. The number of thiophene rings is 1. The molecule has 4 aromatic rings. The van der Waals surface area contributed by atoms with Crippen LogP contribution in [0.1, 0.15) is 48.0 Å². The monoisotopic (exact) mass is 406 g/mol. The standard InChI is InChI=1S/C22H22N4O2S/c1-14(2)26-21-18(12-23-26)17(11-19(24-21)20-6-3-9-28-20)22(27)25(15-7-8-15)13-16-5-4-10-29-16/h3-6,9-12,14-15H,7-8,13H2,1-2H3. The van der Waals surface area contributed by atoms with E-state index in [0.29, 0.717) is 35.3 Å². The van der Waals surface area contributed by atoms with Gasteiger partial charge in [0.25, 0.3) is 5.91 Å². The second-order valence-corrected chi connectivity index (χ2v) is 8.73. The Bertz CT molecular complexity index is 1140. The van der Waals surface area contributed by atoms with Crippen LogP contribution in [0.15, 0.2) is 52.6 Å². The van der Waals surface area contributed by atoms with Crippen LogP contribution in [0, 0.1) is 0 Å². The molecule has 0 radical (unpaired) electrons. The maximum atomic E-state index is 13.7. The third kappa shape index (κ3) is 3.35. The quantitative estimate of drug-likeness (QED) is 0.445. The van der Waals surface area contributed by atoms with Gasteiger partial charge in [0, 0.05) is 17.0 Å². The lowest BCUT2D eigenvalue weighted by Gasteiger charge is -2.22. The van der Waals surface area contributed by atoms with Crippen molar-refractivity contribution >= 4 is 28.3 Å². The van der Waals surface area contributed by atoms with Gasteiger partial charge < -0.3 is 9.32 Å². The average molecular weight is 407 g/mol. The number of aromatic nitrogens is 3. The molecule has 0 N–H and O–H groups in total. The van der Waals surface area contributed by atoms with Gasteiger partial charge in [-0.2, -0.15) is 5.10 Å². The molecule has 1 saturated carbocycles. The SMILES string of the molecule is CC(C)n1ncc2c(C(=O)N(Cc3cccs3)C3CC3)cc(-c3ccco3)nc21. The summed E-state index contributed by atoms with van der Waals surface area (Å²) in [6.07, 6.45) is 5.50. The van der Waals surface area contributed by atoms with E-state index in [1.54, 1.807) is 23.8 Å². The molecule has 1 fully saturated rings. The molecule has 7 heteroatoms. The van der Waals surface area contributed by atoms with Crippen LogP contribution in [0.4, 0.5) is 0 Å². The third-order valence-electron chi connectivity index (χ3n) is 5.21. The number of fused-ring (bicyclic) bond motifs is 1. The van der Waals surface area contributed by atoms with E-state index in [4.69, 9.17) is 9.40 Å². The molecule has 0 saturated heterocycles. The highest BCUT2D eigenvalue weighted by molar-refractivity contribution is 7.09. The third-order valence-corrected chi connectivity index (χ3v) is 6.08. The zero-order chi connectivity index (χ0) is 20.0. The first-order valence-electron chi connectivity index (χ1n) is 9.87. The van der Waals surface area contributed by atoms with Gasteiger partial charge in [0.2, 0.25) is 0 Å². The van der Waals surface area contributed by atoms with E-state index >= 15 is 0 Å². The first-order valence-corrected chi connectivity index (χ1v) is 10.8. The molecular formula is C22H22N4O2S. The predicted octanol–water partition coefficient (Wildman–Crippen LogP) is 5.14. The van der Waals surface area contributed by atoms with Gasteiger partial charge in [-0.25, -0.2) is 9.67 Å². The van der Waals surface area contributed by atoms with E-state index in [0.717, 1.165) is 18.2 Å². The fourth-order valence-corrected chi connectivity index (χ4v) is 4.30. The number of nitrogens with zero attached hydrogens (tertiary/aromatic N) is 4. The fraction of sp³-hybridized carbons (Fsp3) is 0.318. The maximum Gasteiger partial charge on any atom is 0.255 e. The number of carbonyl (C=O) groups is 1. The van der Waals surface area contributed by atoms with E-state index in [9.17, 15) is 4.79 Å². The van der Waals surface area contributed by atoms with E-state index in [1.165, 1.54) is 4.88 Å². The molecule has 148 valence electrons. The van der Waals surface area contributed by atoms with Crippen LogP contribution in [-0.2, 0) is 6.54 Å². The number of rotatable bonds is 6. The molecule has 5 rings (SSSR count). The first kappa shape index (κ1) is 18.1. The van der Waals surface area contributed by atoms with E-state index in [-0.39, 0.29) is 11.9 Å². The van der Waals surface area contributed by atoms with Crippen LogP contribution in [0.25, 0.3) is 22.5 Å². The minimum atomic E-state index is 0.0319. The van der Waals surface area contributed by atoms with E-state index in [1.807, 2.05) is 33.8 Å². The molecule has 0 aliphatic heterocycles. The average Bonchev–Trinajstić information content (AvgIpc) is 3.14. The van der Waals surface area contributed by atoms with Gasteiger partial charge in [-0.05, 0) is 56.3 Å². The number of hydrogen-bond donors (Lipinski definition) is 0. The lowest BCUT2D eigenvalue weighted by Crippen LogP contribution is -2.32. The van der Waals surface area contributed by atoms with Crippen LogP contribution >= 0.6 is 11.3 Å². The van der Waals surface area contributed by atoms with Crippen molar-refractivity contribution in [3.05, 3.63) is 58.6 Å². The van der Waals surface area contributed by atoms with Crippen molar-refractivity contribution in [1.82, 2.24) is 19.7 Å². The van der Waals surface area contributed by atoms with Gasteiger partial charge in [-0.15, -0.1) is 11.3 Å². The number of amides is 1. The van der Waals surface area contributed by atoms with Crippen molar-refractivity contribution in [3.8, 4) is 11.5 Å². The number of pyridine rings is 1. The van der Waals surface area contributed by atoms with Crippen LogP contribution in [0.5, 0.6) is 0 Å². The Balaban J connectivity index is 1.63. The van der Waals surface area contributed by atoms with Crippen LogP contribution < -0.4 is 0 Å². The maximum absolute atomic E-state index is 13.7. The molecule has 0 unspecified atom stereocenters. The highest BCUT2D eigenvalue weighted by atomic mass is 32.1. The minimum absolute atomic E-state index is 0.0319. The molecule has 4 heterocycles. The van der Waals surface area contributed by atoms with Gasteiger partial charge >= 0.3 is 0 Å². The van der Waals surface area contributed by atoms with Crippen LogP contribution in [0.3, 0.4) is 0 Å². The molecule has 0 aromatic carbocycles. The first-order chi connectivity index (χ1) is 14.1. The summed E-state index contributed by atoms with van der Waals surface area (Å²) in [6.45, 7) is 4.75. The van der Waals surface area contributed by atoms with Gasteiger partial charge in [0.15, 0.2) is 11.4 Å². The number of carbonyl (C=O) groups excluding carboxylic acids is 1. The molecule has 29 heavy (non-hydrogen) atoms. The lowest BCUT2D eigenvalue weighted by molar-refractivity contribution is 0.0733. The summed E-state index contributed by atoms with van der Waals surface area (Å²) in [5.41, 5.74) is 2.00. The molecule has 1 amide bonds. The van der Waals surface area contributed by atoms with Crippen molar-refractivity contribution in [2.24, 2.45) is 0 Å². The summed E-state index contributed by atoms with van der Waals surface area (Å²) in [5.74, 6) is 0.679.